The lowest BCUT2D eigenvalue weighted by Crippen LogP contribution is -2.32. The number of benzene rings is 2. The molecule has 152 valence electrons. The third kappa shape index (κ3) is 4.60. The molecule has 0 saturated carbocycles. The molecular formula is C25H30N2S2. The topological polar surface area (TPSA) is 8.17 Å². The van der Waals surface area contributed by atoms with E-state index in [1.165, 1.54) is 63.3 Å². The Hall–Kier alpha value is -1.62. The highest BCUT2D eigenvalue weighted by Gasteiger charge is 2.18. The monoisotopic (exact) mass is 422 g/mol. The van der Waals surface area contributed by atoms with Crippen molar-refractivity contribution >= 4 is 23.5 Å². The Morgan fingerprint density at radius 1 is 0.966 bits per heavy atom. The molecule has 0 radical (unpaired) electrons. The molecule has 1 aliphatic heterocycles. The second-order valence-corrected chi connectivity index (χ2v) is 9.72. The number of rotatable bonds is 6. The number of hydrogen-bond acceptors (Lipinski definition) is 3. The van der Waals surface area contributed by atoms with Gasteiger partial charge < -0.3 is 4.57 Å². The fraction of sp³-hybridized carbons (Fsp3) is 0.360. The van der Waals surface area contributed by atoms with Gasteiger partial charge in [0.25, 0.3) is 0 Å². The Morgan fingerprint density at radius 2 is 1.66 bits per heavy atom. The van der Waals surface area contributed by atoms with Crippen LogP contribution in [0.4, 0.5) is 0 Å². The van der Waals surface area contributed by atoms with Gasteiger partial charge in [-0.05, 0) is 66.6 Å². The van der Waals surface area contributed by atoms with E-state index in [-0.39, 0.29) is 0 Å². The molecule has 3 aromatic rings. The average molecular weight is 423 g/mol. The summed E-state index contributed by atoms with van der Waals surface area (Å²) >= 11 is 3.87. The molecule has 4 rings (SSSR count). The summed E-state index contributed by atoms with van der Waals surface area (Å²) in [5.41, 5.74) is 8.02. The van der Waals surface area contributed by atoms with Crippen molar-refractivity contribution in [2.75, 3.05) is 30.9 Å². The maximum absolute atomic E-state index is 2.60. The summed E-state index contributed by atoms with van der Waals surface area (Å²) in [6.45, 7) is 7.92. The molecule has 0 bridgehead atoms. The summed E-state index contributed by atoms with van der Waals surface area (Å²) in [5.74, 6) is 2.50. The standard InChI is InChI=1S/C25H30N2S2/c1-4-20-5-7-21(8-6-20)25-17-22(18-26-13-15-29-16-14-26)19(2)27(25)23-9-11-24(28-3)12-10-23/h5-12,17H,4,13-16,18H2,1-3H3. The smallest absolute Gasteiger partial charge is 0.0534 e. The zero-order chi connectivity index (χ0) is 20.2. The minimum Gasteiger partial charge on any atom is -0.314 e. The van der Waals surface area contributed by atoms with E-state index in [0.29, 0.717) is 0 Å². The van der Waals surface area contributed by atoms with E-state index >= 15 is 0 Å². The zero-order valence-corrected chi connectivity index (χ0v) is 19.3. The molecule has 0 N–H and O–H groups in total. The molecule has 4 heteroatoms. The van der Waals surface area contributed by atoms with Gasteiger partial charge in [-0.2, -0.15) is 11.8 Å². The van der Waals surface area contributed by atoms with Crippen molar-refractivity contribution in [3.05, 3.63) is 71.4 Å². The molecule has 0 atom stereocenters. The van der Waals surface area contributed by atoms with Crippen LogP contribution in [0, 0.1) is 6.92 Å². The fourth-order valence-electron chi connectivity index (χ4n) is 4.01. The van der Waals surface area contributed by atoms with Crippen molar-refractivity contribution < 1.29 is 0 Å². The van der Waals surface area contributed by atoms with Gasteiger partial charge in [-0.25, -0.2) is 0 Å². The molecule has 1 aromatic heterocycles. The van der Waals surface area contributed by atoms with Crippen LogP contribution in [0.25, 0.3) is 16.9 Å². The van der Waals surface area contributed by atoms with Crippen molar-refractivity contribution in [1.29, 1.82) is 0 Å². The Labute approximate surface area is 183 Å². The van der Waals surface area contributed by atoms with Gasteiger partial charge in [-0.3, -0.25) is 4.90 Å². The number of thioether (sulfide) groups is 2. The van der Waals surface area contributed by atoms with E-state index in [0.717, 1.165) is 13.0 Å². The lowest BCUT2D eigenvalue weighted by Gasteiger charge is -2.26. The van der Waals surface area contributed by atoms with Crippen molar-refractivity contribution in [3.8, 4) is 16.9 Å². The van der Waals surface area contributed by atoms with Gasteiger partial charge in [0.2, 0.25) is 0 Å². The lowest BCUT2D eigenvalue weighted by molar-refractivity contribution is 0.294. The van der Waals surface area contributed by atoms with E-state index in [2.05, 4.69) is 95.9 Å². The first kappa shape index (κ1) is 20.6. The number of nitrogens with zero attached hydrogens (tertiary/aromatic N) is 2. The van der Waals surface area contributed by atoms with Crippen molar-refractivity contribution in [2.24, 2.45) is 0 Å². The fourth-order valence-corrected chi connectivity index (χ4v) is 5.39. The second kappa shape index (κ2) is 9.46. The van der Waals surface area contributed by atoms with Crippen LogP contribution in [0.1, 0.15) is 23.7 Å². The van der Waals surface area contributed by atoms with E-state index < -0.39 is 0 Å². The summed E-state index contributed by atoms with van der Waals surface area (Å²) in [6, 6.07) is 20.5. The van der Waals surface area contributed by atoms with Crippen molar-refractivity contribution in [1.82, 2.24) is 9.47 Å². The minimum absolute atomic E-state index is 1.04. The van der Waals surface area contributed by atoms with Crippen LogP contribution < -0.4 is 0 Å². The third-order valence-electron chi connectivity index (χ3n) is 5.84. The van der Waals surface area contributed by atoms with Gasteiger partial charge in [0.1, 0.15) is 0 Å². The summed E-state index contributed by atoms with van der Waals surface area (Å²) < 4.78 is 2.44. The van der Waals surface area contributed by atoms with Gasteiger partial charge in [0.05, 0.1) is 5.69 Å². The van der Waals surface area contributed by atoms with Gasteiger partial charge in [0, 0.05) is 47.4 Å². The maximum atomic E-state index is 2.60. The van der Waals surface area contributed by atoms with Crippen molar-refractivity contribution in [3.63, 3.8) is 0 Å². The third-order valence-corrected chi connectivity index (χ3v) is 7.52. The highest BCUT2D eigenvalue weighted by Crippen LogP contribution is 2.31. The zero-order valence-electron chi connectivity index (χ0n) is 17.6. The van der Waals surface area contributed by atoms with E-state index in [9.17, 15) is 0 Å². The molecule has 0 unspecified atom stereocenters. The summed E-state index contributed by atoms with van der Waals surface area (Å²) in [6.07, 6.45) is 3.21. The normalized spacial score (nSPS) is 15.0. The van der Waals surface area contributed by atoms with Crippen molar-refractivity contribution in [2.45, 2.75) is 31.7 Å². The highest BCUT2D eigenvalue weighted by molar-refractivity contribution is 7.99. The Kier molecular flexibility index (Phi) is 6.74. The molecule has 29 heavy (non-hydrogen) atoms. The van der Waals surface area contributed by atoms with Gasteiger partial charge >= 0.3 is 0 Å². The van der Waals surface area contributed by atoms with Crippen LogP contribution >= 0.6 is 23.5 Å². The van der Waals surface area contributed by atoms with Gasteiger partial charge in [-0.1, -0.05) is 31.2 Å². The predicted molar refractivity (Wildman–Crippen MR) is 130 cm³/mol. The Balaban J connectivity index is 1.76. The molecule has 0 aliphatic carbocycles. The Morgan fingerprint density at radius 3 is 2.28 bits per heavy atom. The van der Waals surface area contributed by atoms with E-state index in [1.54, 1.807) is 11.8 Å². The first-order valence-corrected chi connectivity index (χ1v) is 12.8. The SMILES string of the molecule is CCc1ccc(-c2cc(CN3CCSCC3)c(C)n2-c2ccc(SC)cc2)cc1. The highest BCUT2D eigenvalue weighted by atomic mass is 32.2. The molecule has 1 fully saturated rings. The van der Waals surface area contributed by atoms with Crippen LogP contribution in [0.3, 0.4) is 0 Å². The van der Waals surface area contributed by atoms with E-state index in [4.69, 9.17) is 0 Å². The number of aromatic nitrogens is 1. The number of hydrogen-bond donors (Lipinski definition) is 0. The molecule has 2 nitrogen and oxygen atoms in total. The first-order valence-electron chi connectivity index (χ1n) is 10.4. The average Bonchev–Trinajstić information content (AvgIpc) is 3.10. The van der Waals surface area contributed by atoms with Crippen LogP contribution in [0.15, 0.2) is 59.5 Å². The van der Waals surface area contributed by atoms with Crippen LogP contribution in [0.5, 0.6) is 0 Å². The van der Waals surface area contributed by atoms with Crippen LogP contribution in [0.2, 0.25) is 0 Å². The molecule has 2 aromatic carbocycles. The Bertz CT molecular complexity index is 936. The predicted octanol–water partition coefficient (Wildman–Crippen LogP) is 6.29. The summed E-state index contributed by atoms with van der Waals surface area (Å²) in [4.78, 5) is 3.91. The second-order valence-electron chi connectivity index (χ2n) is 7.61. The molecule has 0 amide bonds. The number of aryl methyl sites for hydroxylation is 1. The molecule has 1 saturated heterocycles. The summed E-state index contributed by atoms with van der Waals surface area (Å²) in [5, 5.41) is 0. The largest absolute Gasteiger partial charge is 0.314 e. The molecular weight excluding hydrogens is 392 g/mol. The van der Waals surface area contributed by atoms with Crippen LogP contribution in [-0.2, 0) is 13.0 Å². The maximum Gasteiger partial charge on any atom is 0.0534 e. The first-order chi connectivity index (χ1) is 14.2. The molecule has 1 aliphatic rings. The van der Waals surface area contributed by atoms with Crippen LogP contribution in [-0.4, -0.2) is 40.3 Å². The molecule has 0 spiro atoms. The minimum atomic E-state index is 1.04. The van der Waals surface area contributed by atoms with Gasteiger partial charge in [-0.15, -0.1) is 11.8 Å². The molecule has 2 heterocycles. The lowest BCUT2D eigenvalue weighted by atomic mass is 10.1. The van der Waals surface area contributed by atoms with E-state index in [1.807, 2.05) is 0 Å². The summed E-state index contributed by atoms with van der Waals surface area (Å²) in [7, 11) is 0. The quantitative estimate of drug-likeness (QED) is 0.432. The van der Waals surface area contributed by atoms with Gasteiger partial charge in [0.15, 0.2) is 0 Å².